The number of fused-ring (bicyclic) bond motifs is 1. The highest BCUT2D eigenvalue weighted by atomic mass is 16.5. The summed E-state index contributed by atoms with van der Waals surface area (Å²) in [4.78, 5) is 25.1. The highest BCUT2D eigenvalue weighted by Gasteiger charge is 2.48. The second kappa shape index (κ2) is 10.6. The number of aliphatic hydroxyl groups excluding tert-OH is 1. The van der Waals surface area contributed by atoms with E-state index in [9.17, 15) is 19.8 Å². The summed E-state index contributed by atoms with van der Waals surface area (Å²) in [5, 5.41) is 21.6. The molecular formula is C31H40O5. The van der Waals surface area contributed by atoms with E-state index in [1.807, 2.05) is 6.07 Å². The number of phenolic OH excluding ortho intramolecular Hbond substituents is 1. The number of phenols is 1. The number of ketones is 2. The van der Waals surface area contributed by atoms with Crippen molar-refractivity contribution < 1.29 is 24.5 Å². The van der Waals surface area contributed by atoms with Gasteiger partial charge in [0.25, 0.3) is 0 Å². The van der Waals surface area contributed by atoms with Crippen LogP contribution in [0.3, 0.4) is 0 Å². The lowest BCUT2D eigenvalue weighted by Crippen LogP contribution is -2.47. The molecule has 2 N–H and O–H groups in total. The largest absolute Gasteiger partial charge is 0.504 e. The van der Waals surface area contributed by atoms with E-state index in [0.717, 1.165) is 55.1 Å². The van der Waals surface area contributed by atoms with E-state index in [1.165, 1.54) is 32.8 Å². The van der Waals surface area contributed by atoms with Crippen LogP contribution in [0.25, 0.3) is 0 Å². The van der Waals surface area contributed by atoms with Crippen LogP contribution in [0, 0.1) is 40.9 Å². The molecule has 3 atom stereocenters. The third-order valence-corrected chi connectivity index (χ3v) is 9.95. The summed E-state index contributed by atoms with van der Waals surface area (Å²) in [6, 6.07) is 3.51. The second-order valence-electron chi connectivity index (χ2n) is 11.8. The molecular weight excluding hydrogens is 452 g/mol. The number of benzene rings is 1. The molecule has 0 bridgehead atoms. The summed E-state index contributed by atoms with van der Waals surface area (Å²) in [6.07, 6.45) is 11.5. The van der Waals surface area contributed by atoms with Gasteiger partial charge < -0.3 is 14.9 Å². The van der Waals surface area contributed by atoms with Crippen molar-refractivity contribution in [3.63, 3.8) is 0 Å². The molecule has 5 nitrogen and oxygen atoms in total. The first-order valence-corrected chi connectivity index (χ1v) is 14.0. The predicted octanol–water partition coefficient (Wildman–Crippen LogP) is 5.18. The fraction of sp³-hybridized carbons (Fsp3) is 0.677. The van der Waals surface area contributed by atoms with E-state index in [2.05, 4.69) is 11.8 Å². The van der Waals surface area contributed by atoms with Gasteiger partial charge in [-0.15, -0.1) is 0 Å². The lowest BCUT2D eigenvalue weighted by atomic mass is 9.60. The first-order chi connectivity index (χ1) is 17.4. The Morgan fingerprint density at radius 3 is 2.19 bits per heavy atom. The van der Waals surface area contributed by atoms with Gasteiger partial charge in [0.15, 0.2) is 17.3 Å². The molecule has 0 aliphatic heterocycles. The van der Waals surface area contributed by atoms with Gasteiger partial charge in [0, 0.05) is 25.7 Å². The van der Waals surface area contributed by atoms with Gasteiger partial charge in [0.05, 0.1) is 13.2 Å². The van der Waals surface area contributed by atoms with Crippen LogP contribution in [-0.2, 0) is 22.4 Å². The number of hydrogen-bond acceptors (Lipinski definition) is 5. The Kier molecular flexibility index (Phi) is 7.45. The standard InChI is InChI=1S/C31H40O5/c1-36-28-18-24-10-13-29(34)31(15-2-3-23(24)17-27(28)33)16-14-25(19-30(31)35)22-6-4-20(5-7-22)21-8-11-26(32)12-9-21/h17-18,20-22,25,30,33,35H,3-14,16,19H2,1H3/t20?,22?,25-,30+,31+/m0/s1. The maximum Gasteiger partial charge on any atom is 0.160 e. The van der Waals surface area contributed by atoms with Crippen molar-refractivity contribution >= 4 is 11.6 Å². The molecule has 36 heavy (non-hydrogen) atoms. The zero-order valence-corrected chi connectivity index (χ0v) is 21.6. The number of rotatable bonds is 3. The van der Waals surface area contributed by atoms with Gasteiger partial charge in [-0.3, -0.25) is 9.59 Å². The van der Waals surface area contributed by atoms with Crippen molar-refractivity contribution in [2.24, 2.45) is 29.1 Å². The van der Waals surface area contributed by atoms with Gasteiger partial charge in [0.1, 0.15) is 11.2 Å². The number of carbonyl (C=O) groups is 2. The fourth-order valence-electron chi connectivity index (χ4n) is 7.66. The molecule has 4 aliphatic rings. The van der Waals surface area contributed by atoms with Crippen LogP contribution >= 0.6 is 0 Å². The van der Waals surface area contributed by atoms with E-state index in [1.54, 1.807) is 6.07 Å². The Balaban J connectivity index is 1.22. The van der Waals surface area contributed by atoms with E-state index in [4.69, 9.17) is 4.74 Å². The summed E-state index contributed by atoms with van der Waals surface area (Å²) in [6.45, 7) is 0. The summed E-state index contributed by atoms with van der Waals surface area (Å²) in [7, 11) is 1.52. The molecule has 0 radical (unpaired) electrons. The van der Waals surface area contributed by atoms with Crippen molar-refractivity contribution in [1.29, 1.82) is 0 Å². The van der Waals surface area contributed by atoms with Gasteiger partial charge in [-0.2, -0.15) is 0 Å². The molecule has 0 unspecified atom stereocenters. The highest BCUT2D eigenvalue weighted by molar-refractivity contribution is 5.89. The third kappa shape index (κ3) is 4.94. The third-order valence-electron chi connectivity index (χ3n) is 9.95. The molecule has 0 heterocycles. The maximum atomic E-state index is 13.5. The van der Waals surface area contributed by atoms with E-state index in [0.29, 0.717) is 55.5 Å². The Labute approximate surface area is 215 Å². The SMILES string of the molecule is COc1cc2c(cc1O)CC#C[C@@]1(CC[C@H](C3CCC(C4CCC(=O)CC4)CC3)C[C@H]1O)C(=O)CC2. The molecule has 5 rings (SSSR count). The van der Waals surface area contributed by atoms with Crippen LogP contribution in [0.1, 0.15) is 88.2 Å². The lowest BCUT2D eigenvalue weighted by Gasteiger charge is -2.44. The van der Waals surface area contributed by atoms with E-state index in [-0.39, 0.29) is 11.5 Å². The lowest BCUT2D eigenvalue weighted by molar-refractivity contribution is -0.135. The van der Waals surface area contributed by atoms with Crippen LogP contribution in [-0.4, -0.2) is 35.0 Å². The Morgan fingerprint density at radius 1 is 0.861 bits per heavy atom. The first kappa shape index (κ1) is 25.3. The number of aryl methyl sites for hydroxylation is 1. The van der Waals surface area contributed by atoms with Gasteiger partial charge in [-0.1, -0.05) is 11.8 Å². The van der Waals surface area contributed by atoms with Crippen LogP contribution in [0.15, 0.2) is 12.1 Å². The summed E-state index contributed by atoms with van der Waals surface area (Å²) in [5.74, 6) is 10.0. The molecule has 1 spiro atoms. The quantitative estimate of drug-likeness (QED) is 0.569. The van der Waals surface area contributed by atoms with Crippen molar-refractivity contribution in [3.8, 4) is 23.3 Å². The van der Waals surface area contributed by atoms with Gasteiger partial charge in [-0.05, 0) is 111 Å². The number of Topliss-reactive ketones (excluding diaryl/α,β-unsaturated/α-hetero) is 2. The average Bonchev–Trinajstić information content (AvgIpc) is 2.95. The molecule has 194 valence electrons. The second-order valence-corrected chi connectivity index (χ2v) is 11.8. The van der Waals surface area contributed by atoms with Crippen LogP contribution in [0.4, 0.5) is 0 Å². The van der Waals surface area contributed by atoms with Gasteiger partial charge >= 0.3 is 0 Å². The van der Waals surface area contributed by atoms with Crippen molar-refractivity contribution in [2.75, 3.05) is 7.11 Å². The topological polar surface area (TPSA) is 83.8 Å². The summed E-state index contributed by atoms with van der Waals surface area (Å²) in [5.41, 5.74) is 0.941. The van der Waals surface area contributed by atoms with Crippen LogP contribution < -0.4 is 4.74 Å². The van der Waals surface area contributed by atoms with Crippen molar-refractivity contribution in [2.45, 2.75) is 96.0 Å². The molecule has 5 heteroatoms. The molecule has 3 fully saturated rings. The monoisotopic (exact) mass is 492 g/mol. The highest BCUT2D eigenvalue weighted by Crippen LogP contribution is 2.48. The Hall–Kier alpha value is -2.32. The number of aliphatic hydroxyl groups is 1. The van der Waals surface area contributed by atoms with Crippen molar-refractivity contribution in [1.82, 2.24) is 0 Å². The summed E-state index contributed by atoms with van der Waals surface area (Å²) < 4.78 is 5.26. The molecule has 3 saturated carbocycles. The number of aromatic hydroxyl groups is 1. The number of hydrogen-bond donors (Lipinski definition) is 2. The van der Waals surface area contributed by atoms with Crippen LogP contribution in [0.5, 0.6) is 11.5 Å². The molecule has 4 aliphatic carbocycles. The number of carbonyl (C=O) groups excluding carboxylic acids is 2. The van der Waals surface area contributed by atoms with E-state index < -0.39 is 11.5 Å². The normalized spacial score (nSPS) is 33.6. The molecule has 1 aromatic rings. The van der Waals surface area contributed by atoms with Crippen LogP contribution in [0.2, 0.25) is 0 Å². The predicted molar refractivity (Wildman–Crippen MR) is 138 cm³/mol. The minimum Gasteiger partial charge on any atom is -0.504 e. The molecule has 1 aromatic carbocycles. The zero-order valence-electron chi connectivity index (χ0n) is 21.6. The Bertz CT molecular complexity index is 1050. The van der Waals surface area contributed by atoms with Crippen molar-refractivity contribution in [3.05, 3.63) is 23.3 Å². The molecule has 0 amide bonds. The molecule has 0 saturated heterocycles. The minimum atomic E-state index is -0.962. The van der Waals surface area contributed by atoms with Gasteiger partial charge in [0.2, 0.25) is 0 Å². The minimum absolute atomic E-state index is 0.0522. The first-order valence-electron chi connectivity index (χ1n) is 14.0. The summed E-state index contributed by atoms with van der Waals surface area (Å²) >= 11 is 0. The Morgan fingerprint density at radius 2 is 1.53 bits per heavy atom. The number of ether oxygens (including phenoxy) is 1. The van der Waals surface area contributed by atoms with Gasteiger partial charge in [-0.25, -0.2) is 0 Å². The number of methoxy groups -OCH3 is 1. The molecule has 0 aromatic heterocycles. The maximum absolute atomic E-state index is 13.5. The zero-order chi connectivity index (χ0) is 25.3. The fourth-order valence-corrected chi connectivity index (χ4v) is 7.66. The average molecular weight is 493 g/mol. The smallest absolute Gasteiger partial charge is 0.160 e. The van der Waals surface area contributed by atoms with E-state index >= 15 is 0 Å².